The number of aliphatic hydroxyl groups is 1. The van der Waals surface area contributed by atoms with Gasteiger partial charge in [-0.3, -0.25) is 4.90 Å². The molecule has 3 rings (SSSR count). The molecule has 2 nitrogen and oxygen atoms in total. The maximum Gasteiger partial charge on any atom is 0.104 e. The Hall–Kier alpha value is -0.380. The number of aryl methyl sites for hydroxylation is 1. The minimum absolute atomic E-state index is 0.562. The van der Waals surface area contributed by atoms with Crippen LogP contribution in [0.2, 0.25) is 0 Å². The molecule has 0 bridgehead atoms. The Bertz CT molecular complexity index is 371. The van der Waals surface area contributed by atoms with E-state index in [1.54, 1.807) is 11.3 Å². The van der Waals surface area contributed by atoms with E-state index in [2.05, 4.69) is 23.3 Å². The van der Waals surface area contributed by atoms with Crippen molar-refractivity contribution < 1.29 is 5.11 Å². The Morgan fingerprint density at radius 2 is 2.33 bits per heavy atom. The molecule has 3 heteroatoms. The van der Waals surface area contributed by atoms with Crippen LogP contribution in [0.15, 0.2) is 11.4 Å². The average Bonchev–Trinajstić information content (AvgIpc) is 2.84. The van der Waals surface area contributed by atoms with Gasteiger partial charge in [0.15, 0.2) is 0 Å². The lowest BCUT2D eigenvalue weighted by Crippen LogP contribution is -2.31. The van der Waals surface area contributed by atoms with Crippen LogP contribution >= 0.6 is 11.3 Å². The Balaban J connectivity index is 1.79. The fraction of sp³-hybridized carbons (Fsp3) is 0.667. The summed E-state index contributed by atoms with van der Waals surface area (Å²) in [5.74, 6) is 0. The first-order valence-electron chi connectivity index (χ1n) is 5.69. The molecule has 0 amide bonds. The molecule has 1 saturated heterocycles. The largest absolute Gasteiger partial charge is 0.384 e. The third-order valence-electron chi connectivity index (χ3n) is 3.61. The maximum atomic E-state index is 10.6. The number of rotatable bonds is 2. The molecule has 2 heterocycles. The van der Waals surface area contributed by atoms with Crippen LogP contribution in [0.4, 0.5) is 0 Å². The van der Waals surface area contributed by atoms with Crippen LogP contribution in [0.25, 0.3) is 0 Å². The van der Waals surface area contributed by atoms with Gasteiger partial charge in [0, 0.05) is 24.0 Å². The van der Waals surface area contributed by atoms with Gasteiger partial charge in [-0.05, 0) is 43.2 Å². The fourth-order valence-electron chi connectivity index (χ4n) is 2.50. The SMILES string of the molecule is Cc1cc(C2(O)CCN(C3CC3)C2)cs1. The molecular weight excluding hydrogens is 206 g/mol. The van der Waals surface area contributed by atoms with Gasteiger partial charge in [-0.15, -0.1) is 11.3 Å². The van der Waals surface area contributed by atoms with Crippen molar-refractivity contribution in [1.82, 2.24) is 4.90 Å². The molecule has 1 aliphatic carbocycles. The smallest absolute Gasteiger partial charge is 0.104 e. The minimum Gasteiger partial charge on any atom is -0.384 e. The molecular formula is C12H17NOS. The molecule has 1 atom stereocenters. The van der Waals surface area contributed by atoms with Gasteiger partial charge in [-0.25, -0.2) is 0 Å². The lowest BCUT2D eigenvalue weighted by atomic mass is 9.95. The topological polar surface area (TPSA) is 23.5 Å². The normalized spacial score (nSPS) is 32.4. The highest BCUT2D eigenvalue weighted by molar-refractivity contribution is 7.10. The van der Waals surface area contributed by atoms with Gasteiger partial charge in [0.1, 0.15) is 5.60 Å². The van der Waals surface area contributed by atoms with Crippen LogP contribution in [0.3, 0.4) is 0 Å². The van der Waals surface area contributed by atoms with Crippen LogP contribution < -0.4 is 0 Å². The lowest BCUT2D eigenvalue weighted by Gasteiger charge is -2.22. The van der Waals surface area contributed by atoms with Crippen molar-refractivity contribution in [2.24, 2.45) is 0 Å². The van der Waals surface area contributed by atoms with Gasteiger partial charge in [0.05, 0.1) is 0 Å². The number of β-amino-alcohol motifs (C(OH)–C–C–N with tert-alkyl or cyclic N) is 1. The monoisotopic (exact) mass is 223 g/mol. The van der Waals surface area contributed by atoms with Crippen LogP contribution in [0.5, 0.6) is 0 Å². The molecule has 1 unspecified atom stereocenters. The van der Waals surface area contributed by atoms with Crippen LogP contribution in [0, 0.1) is 6.92 Å². The Morgan fingerprint density at radius 3 is 2.93 bits per heavy atom. The summed E-state index contributed by atoms with van der Waals surface area (Å²) < 4.78 is 0. The van der Waals surface area contributed by atoms with Crippen molar-refractivity contribution in [3.05, 3.63) is 21.9 Å². The van der Waals surface area contributed by atoms with E-state index in [1.165, 1.54) is 17.7 Å². The first-order valence-corrected chi connectivity index (χ1v) is 6.57. The first-order chi connectivity index (χ1) is 7.17. The van der Waals surface area contributed by atoms with Crippen molar-refractivity contribution in [2.75, 3.05) is 13.1 Å². The molecule has 0 radical (unpaired) electrons. The molecule has 0 aromatic carbocycles. The van der Waals surface area contributed by atoms with E-state index < -0.39 is 5.60 Å². The molecule has 1 aromatic rings. The van der Waals surface area contributed by atoms with Gasteiger partial charge in [0.2, 0.25) is 0 Å². The van der Waals surface area contributed by atoms with E-state index in [4.69, 9.17) is 0 Å². The van der Waals surface area contributed by atoms with E-state index >= 15 is 0 Å². The quantitative estimate of drug-likeness (QED) is 0.830. The van der Waals surface area contributed by atoms with Crippen molar-refractivity contribution >= 4 is 11.3 Å². The molecule has 15 heavy (non-hydrogen) atoms. The number of hydrogen-bond donors (Lipinski definition) is 1. The standard InChI is InChI=1S/C12H17NOS/c1-9-6-10(7-15-9)12(14)4-5-13(8-12)11-2-3-11/h6-7,11,14H,2-5,8H2,1H3. The Morgan fingerprint density at radius 1 is 1.53 bits per heavy atom. The number of hydrogen-bond acceptors (Lipinski definition) is 3. The lowest BCUT2D eigenvalue weighted by molar-refractivity contribution is 0.0456. The van der Waals surface area contributed by atoms with E-state index in [-0.39, 0.29) is 0 Å². The number of thiophene rings is 1. The molecule has 0 spiro atoms. The number of nitrogens with zero attached hydrogens (tertiary/aromatic N) is 1. The summed E-state index contributed by atoms with van der Waals surface area (Å²) >= 11 is 1.74. The zero-order valence-electron chi connectivity index (χ0n) is 9.07. The summed E-state index contributed by atoms with van der Waals surface area (Å²) in [6, 6.07) is 2.92. The zero-order valence-corrected chi connectivity index (χ0v) is 9.89. The summed E-state index contributed by atoms with van der Waals surface area (Å²) in [7, 11) is 0. The van der Waals surface area contributed by atoms with Gasteiger partial charge >= 0.3 is 0 Å². The third-order valence-corrected chi connectivity index (χ3v) is 4.47. The predicted molar refractivity (Wildman–Crippen MR) is 62.2 cm³/mol. The summed E-state index contributed by atoms with van der Waals surface area (Å²) in [5.41, 5.74) is 0.570. The van der Waals surface area contributed by atoms with Crippen LogP contribution in [-0.2, 0) is 5.60 Å². The average molecular weight is 223 g/mol. The highest BCUT2D eigenvalue weighted by atomic mass is 32.1. The van der Waals surface area contributed by atoms with Gasteiger partial charge in [-0.2, -0.15) is 0 Å². The van der Waals surface area contributed by atoms with E-state index in [9.17, 15) is 5.11 Å². The van der Waals surface area contributed by atoms with Gasteiger partial charge < -0.3 is 5.11 Å². The summed E-state index contributed by atoms with van der Waals surface area (Å²) in [6.45, 7) is 4.01. The zero-order chi connectivity index (χ0) is 10.5. The minimum atomic E-state index is -0.562. The molecule has 82 valence electrons. The van der Waals surface area contributed by atoms with E-state index in [0.29, 0.717) is 0 Å². The third kappa shape index (κ3) is 1.73. The summed E-state index contributed by atoms with van der Waals surface area (Å²) in [6.07, 6.45) is 3.57. The first kappa shape index (κ1) is 9.82. The van der Waals surface area contributed by atoms with E-state index in [1.807, 2.05) is 0 Å². The summed E-state index contributed by atoms with van der Waals surface area (Å²) in [4.78, 5) is 3.75. The van der Waals surface area contributed by atoms with E-state index in [0.717, 1.165) is 31.1 Å². The number of likely N-dealkylation sites (tertiary alicyclic amines) is 1. The second kappa shape index (κ2) is 3.30. The van der Waals surface area contributed by atoms with Crippen LogP contribution in [0.1, 0.15) is 29.7 Å². The molecule has 2 aliphatic rings. The molecule has 2 fully saturated rings. The van der Waals surface area contributed by atoms with Crippen LogP contribution in [-0.4, -0.2) is 29.1 Å². The van der Waals surface area contributed by atoms with Gasteiger partial charge in [-0.1, -0.05) is 0 Å². The van der Waals surface area contributed by atoms with Crippen molar-refractivity contribution in [1.29, 1.82) is 0 Å². The second-order valence-corrected chi connectivity index (χ2v) is 6.04. The maximum absolute atomic E-state index is 10.6. The molecule has 1 aromatic heterocycles. The molecule has 1 N–H and O–H groups in total. The Kier molecular flexibility index (Phi) is 2.16. The predicted octanol–water partition coefficient (Wildman–Crippen LogP) is 2.11. The highest BCUT2D eigenvalue weighted by Gasteiger charge is 2.43. The van der Waals surface area contributed by atoms with Crippen molar-refractivity contribution in [3.63, 3.8) is 0 Å². The van der Waals surface area contributed by atoms with Crippen molar-refractivity contribution in [2.45, 2.75) is 37.8 Å². The fourth-order valence-corrected chi connectivity index (χ4v) is 3.29. The molecule has 1 aliphatic heterocycles. The summed E-state index contributed by atoms with van der Waals surface area (Å²) in [5, 5.41) is 12.7. The van der Waals surface area contributed by atoms with Gasteiger partial charge in [0.25, 0.3) is 0 Å². The molecule has 1 saturated carbocycles. The highest BCUT2D eigenvalue weighted by Crippen LogP contribution is 2.39. The Labute approximate surface area is 94.5 Å². The second-order valence-electron chi connectivity index (χ2n) is 4.93. The van der Waals surface area contributed by atoms with Crippen molar-refractivity contribution in [3.8, 4) is 0 Å².